The quantitative estimate of drug-likeness (QED) is 0.857. The van der Waals surface area contributed by atoms with Crippen LogP contribution < -0.4 is 4.90 Å². The third kappa shape index (κ3) is 3.92. The summed E-state index contributed by atoms with van der Waals surface area (Å²) in [5.74, 6) is -0.844. The number of benzene rings is 2. The molecule has 0 saturated heterocycles. The van der Waals surface area contributed by atoms with Gasteiger partial charge in [-0.1, -0.05) is 24.3 Å². The molecule has 0 amide bonds. The lowest BCUT2D eigenvalue weighted by Gasteiger charge is -2.17. The van der Waals surface area contributed by atoms with Crippen molar-refractivity contribution in [3.05, 3.63) is 48.0 Å². The maximum absolute atomic E-state index is 10.9. The van der Waals surface area contributed by atoms with Crippen molar-refractivity contribution in [2.75, 3.05) is 18.5 Å². The number of anilines is 1. The van der Waals surface area contributed by atoms with E-state index in [1.807, 2.05) is 36.4 Å². The highest BCUT2D eigenvalue weighted by molar-refractivity contribution is 5.93. The summed E-state index contributed by atoms with van der Waals surface area (Å²) < 4.78 is 0. The number of nitrogens with zero attached hydrogens (tertiary/aromatic N) is 1. The predicted octanol–water partition coefficient (Wildman–Crippen LogP) is 2.96. The lowest BCUT2D eigenvalue weighted by molar-refractivity contribution is -0.135. The van der Waals surface area contributed by atoms with E-state index in [2.05, 4.69) is 0 Å². The molecule has 0 aliphatic rings. The fourth-order valence-corrected chi connectivity index (χ4v) is 2.10. The first-order valence-electron chi connectivity index (χ1n) is 6.61. The lowest BCUT2D eigenvalue weighted by Crippen LogP contribution is -2.24. The van der Waals surface area contributed by atoms with Gasteiger partial charge in [-0.05, 0) is 47.5 Å². The lowest BCUT2D eigenvalue weighted by atomic mass is 10.1. The van der Waals surface area contributed by atoms with E-state index in [1.165, 1.54) is 13.0 Å². The zero-order valence-electron chi connectivity index (χ0n) is 12.0. The van der Waals surface area contributed by atoms with Crippen LogP contribution in [0.1, 0.15) is 12.5 Å². The molecule has 0 atom stereocenters. The number of fused-ring (bicyclic) bond motifs is 1. The van der Waals surface area contributed by atoms with Crippen LogP contribution in [0.4, 0.5) is 5.69 Å². The van der Waals surface area contributed by atoms with Gasteiger partial charge in [0.25, 0.3) is 0 Å². The van der Waals surface area contributed by atoms with Gasteiger partial charge in [0.05, 0.1) is 0 Å². The highest BCUT2D eigenvalue weighted by Gasteiger charge is 2.06. The van der Waals surface area contributed by atoms with Crippen molar-refractivity contribution in [1.82, 2.24) is 0 Å². The minimum Gasteiger partial charge on any atom is -0.480 e. The number of hydrogen-bond donors (Lipinski definition) is 1. The second kappa shape index (κ2) is 6.22. The molecule has 0 heterocycles. The second-order valence-corrected chi connectivity index (χ2v) is 4.98. The number of carboxylic acid groups (broad SMARTS) is 1. The van der Waals surface area contributed by atoms with E-state index in [-0.39, 0.29) is 12.3 Å². The van der Waals surface area contributed by atoms with Crippen LogP contribution in [0.15, 0.2) is 42.5 Å². The van der Waals surface area contributed by atoms with Crippen LogP contribution in [0.25, 0.3) is 16.8 Å². The number of hydrogen-bond acceptors (Lipinski definition) is 3. The molecule has 4 nitrogen and oxygen atoms in total. The Bertz CT molecular complexity index is 719. The molecular weight excluding hydrogens is 266 g/mol. The number of rotatable bonds is 5. The van der Waals surface area contributed by atoms with Crippen LogP contribution in [0.2, 0.25) is 0 Å². The first-order valence-corrected chi connectivity index (χ1v) is 6.61. The molecule has 0 aromatic heterocycles. The molecule has 2 rings (SSSR count). The number of allylic oxidation sites excluding steroid dienone is 1. The van der Waals surface area contributed by atoms with E-state index in [0.717, 1.165) is 22.0 Å². The minimum atomic E-state index is -0.859. The van der Waals surface area contributed by atoms with Crippen molar-refractivity contribution in [1.29, 1.82) is 0 Å². The van der Waals surface area contributed by atoms with Gasteiger partial charge < -0.3 is 10.0 Å². The highest BCUT2D eigenvalue weighted by atomic mass is 16.4. The summed E-state index contributed by atoms with van der Waals surface area (Å²) in [7, 11) is 1.75. The number of carbonyl (C=O) groups excluding carboxylic acids is 1. The third-order valence-corrected chi connectivity index (χ3v) is 3.17. The van der Waals surface area contributed by atoms with Crippen molar-refractivity contribution >= 4 is 34.3 Å². The molecule has 108 valence electrons. The maximum atomic E-state index is 10.9. The topological polar surface area (TPSA) is 57.6 Å². The largest absolute Gasteiger partial charge is 0.480 e. The number of likely N-dealkylation sites (N-methyl/N-ethyl adjacent to an activating group) is 1. The molecule has 2 aromatic carbocycles. The van der Waals surface area contributed by atoms with E-state index in [1.54, 1.807) is 18.0 Å². The molecule has 0 aliphatic carbocycles. The zero-order valence-corrected chi connectivity index (χ0v) is 12.0. The van der Waals surface area contributed by atoms with Crippen LogP contribution in [-0.2, 0) is 9.59 Å². The summed E-state index contributed by atoms with van der Waals surface area (Å²) in [6.07, 6.45) is 3.32. The van der Waals surface area contributed by atoms with Crippen LogP contribution in [0.5, 0.6) is 0 Å². The Labute approximate surface area is 123 Å². The average molecular weight is 283 g/mol. The van der Waals surface area contributed by atoms with Crippen molar-refractivity contribution in [2.24, 2.45) is 0 Å². The molecule has 0 radical (unpaired) electrons. The Morgan fingerprint density at radius 1 is 1.14 bits per heavy atom. The van der Waals surface area contributed by atoms with Crippen molar-refractivity contribution < 1.29 is 14.7 Å². The Morgan fingerprint density at radius 3 is 2.48 bits per heavy atom. The monoisotopic (exact) mass is 283 g/mol. The van der Waals surface area contributed by atoms with Crippen LogP contribution >= 0.6 is 0 Å². The zero-order chi connectivity index (χ0) is 15.4. The molecule has 0 saturated carbocycles. The molecule has 1 N–H and O–H groups in total. The SMILES string of the molecule is CC(=O)/C=C/c1ccc2cc(N(C)CC(=O)O)ccc2c1. The van der Waals surface area contributed by atoms with Gasteiger partial charge in [0.2, 0.25) is 0 Å². The smallest absolute Gasteiger partial charge is 0.323 e. The maximum Gasteiger partial charge on any atom is 0.323 e. The molecule has 4 heteroatoms. The molecule has 0 spiro atoms. The molecule has 2 aromatic rings. The Morgan fingerprint density at radius 2 is 1.81 bits per heavy atom. The minimum absolute atomic E-state index is 0.0146. The van der Waals surface area contributed by atoms with Crippen molar-refractivity contribution in [2.45, 2.75) is 6.92 Å². The van der Waals surface area contributed by atoms with Crippen molar-refractivity contribution in [3.63, 3.8) is 0 Å². The molecule has 0 bridgehead atoms. The van der Waals surface area contributed by atoms with E-state index in [4.69, 9.17) is 5.11 Å². The van der Waals surface area contributed by atoms with Gasteiger partial charge in [0.15, 0.2) is 5.78 Å². The van der Waals surface area contributed by atoms with E-state index >= 15 is 0 Å². The van der Waals surface area contributed by atoms with Crippen molar-refractivity contribution in [3.8, 4) is 0 Å². The highest BCUT2D eigenvalue weighted by Crippen LogP contribution is 2.23. The summed E-state index contributed by atoms with van der Waals surface area (Å²) >= 11 is 0. The second-order valence-electron chi connectivity index (χ2n) is 4.98. The Hall–Kier alpha value is -2.62. The Balaban J connectivity index is 2.31. The normalized spacial score (nSPS) is 11.0. The number of carboxylic acids is 1. The fourth-order valence-electron chi connectivity index (χ4n) is 2.10. The van der Waals surface area contributed by atoms with Gasteiger partial charge in [-0.3, -0.25) is 9.59 Å². The molecule has 0 unspecified atom stereocenters. The average Bonchev–Trinajstić information content (AvgIpc) is 2.43. The number of aliphatic carboxylic acids is 1. The molecule has 0 fully saturated rings. The van der Waals surface area contributed by atoms with E-state index < -0.39 is 5.97 Å². The van der Waals surface area contributed by atoms with E-state index in [9.17, 15) is 9.59 Å². The molecular formula is C17H17NO3. The van der Waals surface area contributed by atoms with Gasteiger partial charge in [-0.25, -0.2) is 0 Å². The standard InChI is InChI=1S/C17H17NO3/c1-12(19)3-4-13-5-6-15-10-16(8-7-14(15)9-13)18(2)11-17(20)21/h3-10H,11H2,1-2H3,(H,20,21)/b4-3+. The van der Waals surface area contributed by atoms with Gasteiger partial charge in [0, 0.05) is 12.7 Å². The first kappa shape index (κ1) is 14.8. The summed E-state index contributed by atoms with van der Waals surface area (Å²) in [4.78, 5) is 23.4. The number of carbonyl (C=O) groups is 2. The summed E-state index contributed by atoms with van der Waals surface area (Å²) in [5, 5.41) is 10.9. The number of ketones is 1. The van der Waals surface area contributed by atoms with Gasteiger partial charge in [-0.15, -0.1) is 0 Å². The van der Waals surface area contributed by atoms with Gasteiger partial charge in [-0.2, -0.15) is 0 Å². The van der Waals surface area contributed by atoms with Crippen LogP contribution in [-0.4, -0.2) is 30.5 Å². The third-order valence-electron chi connectivity index (χ3n) is 3.17. The van der Waals surface area contributed by atoms with Crippen LogP contribution in [0.3, 0.4) is 0 Å². The molecule has 0 aliphatic heterocycles. The summed E-state index contributed by atoms with van der Waals surface area (Å²) in [6.45, 7) is 1.48. The summed E-state index contributed by atoms with van der Waals surface area (Å²) in [6, 6.07) is 11.7. The first-order chi connectivity index (χ1) is 9.95. The predicted molar refractivity (Wildman–Crippen MR) is 84.6 cm³/mol. The van der Waals surface area contributed by atoms with Gasteiger partial charge in [0.1, 0.15) is 6.54 Å². The molecule has 21 heavy (non-hydrogen) atoms. The Kier molecular flexibility index (Phi) is 4.38. The van der Waals surface area contributed by atoms with E-state index in [0.29, 0.717) is 0 Å². The summed E-state index contributed by atoms with van der Waals surface area (Å²) in [5.41, 5.74) is 1.82. The van der Waals surface area contributed by atoms with Crippen LogP contribution in [0, 0.1) is 0 Å². The fraction of sp³-hybridized carbons (Fsp3) is 0.176. The van der Waals surface area contributed by atoms with Gasteiger partial charge >= 0.3 is 5.97 Å².